The molecule has 0 spiro atoms. The van der Waals surface area contributed by atoms with Crippen LogP contribution in [0, 0.1) is 0 Å². The van der Waals surface area contributed by atoms with Crippen molar-refractivity contribution >= 4 is 11.4 Å². The quantitative estimate of drug-likeness (QED) is 0.673. The summed E-state index contributed by atoms with van der Waals surface area (Å²) in [6.07, 6.45) is 5.04. The second-order valence-electron chi connectivity index (χ2n) is 2.90. The van der Waals surface area contributed by atoms with Crippen LogP contribution in [0.2, 0.25) is 0 Å². The van der Waals surface area contributed by atoms with E-state index in [1.165, 1.54) is 0 Å². The number of hydrogen-bond donors (Lipinski definition) is 3. The van der Waals surface area contributed by atoms with Crippen LogP contribution in [0.5, 0.6) is 0 Å². The lowest BCUT2D eigenvalue weighted by atomic mass is 10.3. The Morgan fingerprint density at radius 2 is 2.29 bits per heavy atom. The summed E-state index contributed by atoms with van der Waals surface area (Å²) >= 11 is 0. The second-order valence-corrected chi connectivity index (χ2v) is 2.90. The number of nitrogen functional groups attached to an aromatic ring is 1. The average molecular weight is 189 g/mol. The number of pyridine rings is 1. The third-order valence-electron chi connectivity index (χ3n) is 1.88. The molecule has 0 saturated carbocycles. The topological polar surface area (TPSA) is 79.6 Å². The minimum atomic E-state index is 0.645. The number of nitrogens with two attached hydrogens (primary N) is 1. The molecule has 4 N–H and O–H groups in total. The van der Waals surface area contributed by atoms with Crippen LogP contribution in [0.15, 0.2) is 30.7 Å². The fraction of sp³-hybridized carbons (Fsp3) is 0.111. The van der Waals surface area contributed by atoms with Crippen LogP contribution < -0.4 is 11.1 Å². The molecule has 0 aliphatic heterocycles. The van der Waals surface area contributed by atoms with E-state index in [0.717, 1.165) is 11.4 Å². The first-order valence-electron chi connectivity index (χ1n) is 4.28. The maximum absolute atomic E-state index is 5.71. The standard InChI is InChI=1S/C9H11N5/c10-8-6-11-3-2-9(8)12-5-7-1-4-13-14-7/h1-4,6H,5,10H2,(H,11,12)(H,13,14). The van der Waals surface area contributed by atoms with E-state index in [4.69, 9.17) is 5.73 Å². The minimum absolute atomic E-state index is 0.645. The Morgan fingerprint density at radius 1 is 1.36 bits per heavy atom. The molecule has 0 atom stereocenters. The van der Waals surface area contributed by atoms with Crippen molar-refractivity contribution in [1.82, 2.24) is 15.2 Å². The summed E-state index contributed by atoms with van der Waals surface area (Å²) in [7, 11) is 0. The molecule has 14 heavy (non-hydrogen) atoms. The molecule has 0 bridgehead atoms. The molecule has 0 aliphatic carbocycles. The highest BCUT2D eigenvalue weighted by atomic mass is 15.1. The predicted octanol–water partition coefficient (Wildman–Crippen LogP) is 0.999. The van der Waals surface area contributed by atoms with Crippen molar-refractivity contribution in [1.29, 1.82) is 0 Å². The highest BCUT2D eigenvalue weighted by Crippen LogP contribution is 2.15. The number of anilines is 2. The smallest absolute Gasteiger partial charge is 0.0736 e. The van der Waals surface area contributed by atoms with Crippen molar-refractivity contribution in [2.75, 3.05) is 11.1 Å². The molecule has 0 radical (unpaired) electrons. The lowest BCUT2D eigenvalue weighted by molar-refractivity contribution is 0.981. The Morgan fingerprint density at radius 3 is 3.00 bits per heavy atom. The molecule has 0 amide bonds. The molecule has 0 aliphatic rings. The fourth-order valence-electron chi connectivity index (χ4n) is 1.14. The van der Waals surface area contributed by atoms with E-state index in [-0.39, 0.29) is 0 Å². The molecule has 2 aromatic heterocycles. The summed E-state index contributed by atoms with van der Waals surface area (Å²) in [5.41, 5.74) is 8.25. The van der Waals surface area contributed by atoms with Gasteiger partial charge in [0.25, 0.3) is 0 Å². The number of aromatic nitrogens is 3. The SMILES string of the molecule is Nc1cnccc1NCc1ccn[nH]1. The van der Waals surface area contributed by atoms with Crippen LogP contribution in [-0.2, 0) is 6.54 Å². The Hall–Kier alpha value is -2.04. The van der Waals surface area contributed by atoms with Gasteiger partial charge in [-0.25, -0.2) is 0 Å². The van der Waals surface area contributed by atoms with E-state index >= 15 is 0 Å². The van der Waals surface area contributed by atoms with Crippen LogP contribution in [-0.4, -0.2) is 15.2 Å². The zero-order chi connectivity index (χ0) is 9.80. The molecule has 0 aromatic carbocycles. The zero-order valence-electron chi connectivity index (χ0n) is 7.57. The second kappa shape index (κ2) is 3.78. The van der Waals surface area contributed by atoms with Gasteiger partial charge in [0.05, 0.1) is 29.8 Å². The van der Waals surface area contributed by atoms with Crippen molar-refractivity contribution in [3.63, 3.8) is 0 Å². The van der Waals surface area contributed by atoms with Crippen LogP contribution >= 0.6 is 0 Å². The van der Waals surface area contributed by atoms with E-state index in [1.807, 2.05) is 12.1 Å². The number of nitrogens with zero attached hydrogens (tertiary/aromatic N) is 2. The van der Waals surface area contributed by atoms with Gasteiger partial charge >= 0.3 is 0 Å². The van der Waals surface area contributed by atoms with Crippen LogP contribution in [0.4, 0.5) is 11.4 Å². The molecule has 5 heteroatoms. The normalized spacial score (nSPS) is 10.0. The molecule has 0 saturated heterocycles. The number of aromatic amines is 1. The van der Waals surface area contributed by atoms with Crippen molar-refractivity contribution < 1.29 is 0 Å². The highest BCUT2D eigenvalue weighted by Gasteiger charge is 1.97. The van der Waals surface area contributed by atoms with Gasteiger partial charge in [-0.2, -0.15) is 5.10 Å². The Bertz CT molecular complexity index is 395. The molecule has 2 aromatic rings. The molecular formula is C9H11N5. The fourth-order valence-corrected chi connectivity index (χ4v) is 1.14. The minimum Gasteiger partial charge on any atom is -0.396 e. The van der Waals surface area contributed by atoms with Gasteiger partial charge in [0, 0.05) is 12.4 Å². The van der Waals surface area contributed by atoms with E-state index < -0.39 is 0 Å². The summed E-state index contributed by atoms with van der Waals surface area (Å²) < 4.78 is 0. The lowest BCUT2D eigenvalue weighted by Gasteiger charge is -2.06. The lowest BCUT2D eigenvalue weighted by Crippen LogP contribution is -2.02. The summed E-state index contributed by atoms with van der Waals surface area (Å²) in [5, 5.41) is 9.89. The number of hydrogen-bond acceptors (Lipinski definition) is 4. The van der Waals surface area contributed by atoms with E-state index in [1.54, 1.807) is 18.6 Å². The first-order valence-corrected chi connectivity index (χ1v) is 4.28. The number of nitrogens with one attached hydrogen (secondary N) is 2. The van der Waals surface area contributed by atoms with Gasteiger partial charge in [-0.3, -0.25) is 10.1 Å². The van der Waals surface area contributed by atoms with Gasteiger partial charge in [-0.15, -0.1) is 0 Å². The number of H-pyrrole nitrogens is 1. The van der Waals surface area contributed by atoms with Gasteiger partial charge < -0.3 is 11.1 Å². The molecule has 0 fully saturated rings. The van der Waals surface area contributed by atoms with Crippen LogP contribution in [0.3, 0.4) is 0 Å². The van der Waals surface area contributed by atoms with Crippen molar-refractivity contribution in [3.8, 4) is 0 Å². The monoisotopic (exact) mass is 189 g/mol. The molecule has 2 rings (SSSR count). The Kier molecular flexibility index (Phi) is 2.31. The zero-order valence-corrected chi connectivity index (χ0v) is 7.57. The summed E-state index contributed by atoms with van der Waals surface area (Å²) in [5.74, 6) is 0. The maximum Gasteiger partial charge on any atom is 0.0736 e. The van der Waals surface area contributed by atoms with Crippen molar-refractivity contribution in [3.05, 3.63) is 36.4 Å². The van der Waals surface area contributed by atoms with Gasteiger partial charge in [-0.05, 0) is 12.1 Å². The third-order valence-corrected chi connectivity index (χ3v) is 1.88. The van der Waals surface area contributed by atoms with E-state index in [2.05, 4.69) is 20.5 Å². The van der Waals surface area contributed by atoms with Gasteiger partial charge in [0.15, 0.2) is 0 Å². The largest absolute Gasteiger partial charge is 0.396 e. The molecule has 0 unspecified atom stereocenters. The highest BCUT2D eigenvalue weighted by molar-refractivity contribution is 5.64. The molecular weight excluding hydrogens is 178 g/mol. The van der Waals surface area contributed by atoms with Gasteiger partial charge in [0.1, 0.15) is 0 Å². The molecule has 5 nitrogen and oxygen atoms in total. The first kappa shape index (κ1) is 8.55. The maximum atomic E-state index is 5.71. The summed E-state index contributed by atoms with van der Waals surface area (Å²) in [4.78, 5) is 3.90. The van der Waals surface area contributed by atoms with E-state index in [0.29, 0.717) is 12.2 Å². The van der Waals surface area contributed by atoms with Gasteiger partial charge in [-0.1, -0.05) is 0 Å². The first-order chi connectivity index (χ1) is 6.86. The molecule has 72 valence electrons. The van der Waals surface area contributed by atoms with E-state index in [9.17, 15) is 0 Å². The average Bonchev–Trinajstić information content (AvgIpc) is 2.69. The predicted molar refractivity (Wildman–Crippen MR) is 54.6 cm³/mol. The van der Waals surface area contributed by atoms with Crippen LogP contribution in [0.1, 0.15) is 5.69 Å². The Labute approximate surface area is 81.4 Å². The molecule has 2 heterocycles. The third kappa shape index (κ3) is 1.82. The summed E-state index contributed by atoms with van der Waals surface area (Å²) in [6, 6.07) is 3.75. The summed E-state index contributed by atoms with van der Waals surface area (Å²) in [6.45, 7) is 0.675. The van der Waals surface area contributed by atoms with Crippen molar-refractivity contribution in [2.24, 2.45) is 0 Å². The van der Waals surface area contributed by atoms with Crippen molar-refractivity contribution in [2.45, 2.75) is 6.54 Å². The van der Waals surface area contributed by atoms with Crippen LogP contribution in [0.25, 0.3) is 0 Å². The number of rotatable bonds is 3. The Balaban J connectivity index is 2.02. The van der Waals surface area contributed by atoms with Gasteiger partial charge in [0.2, 0.25) is 0 Å².